The Bertz CT molecular complexity index is 366. The molecule has 15 heavy (non-hydrogen) atoms. The molecule has 0 aliphatic rings. The molecule has 0 spiro atoms. The summed E-state index contributed by atoms with van der Waals surface area (Å²) in [7, 11) is 1.49. The van der Waals surface area contributed by atoms with Gasteiger partial charge in [-0.05, 0) is 47.5 Å². The van der Waals surface area contributed by atoms with E-state index in [1.54, 1.807) is 12.1 Å². The van der Waals surface area contributed by atoms with Crippen molar-refractivity contribution in [3.05, 3.63) is 22.2 Å². The van der Waals surface area contributed by atoms with Crippen molar-refractivity contribution in [1.82, 2.24) is 0 Å². The van der Waals surface area contributed by atoms with Gasteiger partial charge in [0.25, 0.3) is 0 Å². The minimum absolute atomic E-state index is 0.0640. The zero-order valence-electron chi connectivity index (χ0n) is 8.87. The van der Waals surface area contributed by atoms with E-state index in [0.29, 0.717) is 10.2 Å². The number of rotatable bonds is 3. The summed E-state index contributed by atoms with van der Waals surface area (Å²) in [5.74, 6) is 5.64. The number of phenolic OH excluding ortho intramolecular Hbond substituents is 1. The minimum atomic E-state index is -0.635. The summed E-state index contributed by atoms with van der Waals surface area (Å²) < 4.78 is 5.57. The molecule has 0 heterocycles. The number of phenols is 1. The second-order valence-corrected chi connectivity index (χ2v) is 4.49. The molecular weight excluding hydrogens is 262 g/mol. The van der Waals surface area contributed by atoms with Crippen molar-refractivity contribution < 1.29 is 14.7 Å². The number of halogens is 1. The van der Waals surface area contributed by atoms with E-state index < -0.39 is 5.60 Å². The third-order valence-corrected chi connectivity index (χ3v) is 2.84. The molecule has 0 unspecified atom stereocenters. The van der Waals surface area contributed by atoms with E-state index in [1.165, 1.54) is 7.11 Å². The summed E-state index contributed by atoms with van der Waals surface area (Å²) in [5, 5.41) is 9.62. The van der Waals surface area contributed by atoms with E-state index in [9.17, 15) is 5.11 Å². The van der Waals surface area contributed by atoms with Crippen molar-refractivity contribution in [3.8, 4) is 11.5 Å². The van der Waals surface area contributed by atoms with Crippen molar-refractivity contribution in [3.63, 3.8) is 0 Å². The van der Waals surface area contributed by atoms with Gasteiger partial charge in [-0.1, -0.05) is 0 Å². The van der Waals surface area contributed by atoms with Crippen LogP contribution in [0.5, 0.6) is 11.5 Å². The summed E-state index contributed by atoms with van der Waals surface area (Å²) in [6.45, 7) is 3.65. The van der Waals surface area contributed by atoms with Crippen LogP contribution >= 0.6 is 15.9 Å². The molecule has 1 rings (SSSR count). The summed E-state index contributed by atoms with van der Waals surface area (Å²) >= 11 is 3.23. The normalized spacial score (nSPS) is 11.5. The van der Waals surface area contributed by atoms with Crippen LogP contribution in [0, 0.1) is 0 Å². The summed E-state index contributed by atoms with van der Waals surface area (Å²) in [6.07, 6.45) is 0. The maximum atomic E-state index is 9.62. The van der Waals surface area contributed by atoms with Crippen molar-refractivity contribution >= 4 is 15.9 Å². The van der Waals surface area contributed by atoms with Gasteiger partial charge in [-0.25, -0.2) is 5.90 Å². The number of hydrogen-bond donors (Lipinski definition) is 2. The Kier molecular flexibility index (Phi) is 3.59. The molecule has 0 aliphatic heterocycles. The van der Waals surface area contributed by atoms with Crippen LogP contribution in [-0.2, 0) is 10.4 Å². The van der Waals surface area contributed by atoms with Gasteiger partial charge in [0, 0.05) is 0 Å². The highest BCUT2D eigenvalue weighted by atomic mass is 79.9. The van der Waals surface area contributed by atoms with E-state index in [0.717, 1.165) is 5.56 Å². The molecule has 5 heteroatoms. The lowest BCUT2D eigenvalue weighted by Gasteiger charge is -2.23. The monoisotopic (exact) mass is 275 g/mol. The second-order valence-electron chi connectivity index (χ2n) is 3.64. The standard InChI is InChI=1S/C10H14BrNO3/c1-10(2,15-12)6-4-7(11)9(13)8(5-6)14-3/h4-5,13H,12H2,1-3H3. The predicted octanol–water partition coefficient (Wildman–Crippen LogP) is 2.29. The van der Waals surface area contributed by atoms with Gasteiger partial charge in [-0.2, -0.15) is 0 Å². The molecule has 4 nitrogen and oxygen atoms in total. The maximum absolute atomic E-state index is 9.62. The van der Waals surface area contributed by atoms with Gasteiger partial charge in [-0.15, -0.1) is 0 Å². The highest BCUT2D eigenvalue weighted by Crippen LogP contribution is 2.38. The average molecular weight is 276 g/mol. The molecule has 1 aromatic rings. The fourth-order valence-electron chi connectivity index (χ4n) is 1.15. The van der Waals surface area contributed by atoms with Crippen LogP contribution in [0.4, 0.5) is 0 Å². The summed E-state index contributed by atoms with van der Waals surface area (Å²) in [5.41, 5.74) is 0.176. The fourth-order valence-corrected chi connectivity index (χ4v) is 1.59. The fraction of sp³-hybridized carbons (Fsp3) is 0.400. The van der Waals surface area contributed by atoms with Crippen LogP contribution < -0.4 is 10.6 Å². The second kappa shape index (κ2) is 4.38. The molecule has 0 aromatic heterocycles. The predicted molar refractivity (Wildman–Crippen MR) is 60.7 cm³/mol. The number of methoxy groups -OCH3 is 1. The lowest BCUT2D eigenvalue weighted by Crippen LogP contribution is -2.25. The quantitative estimate of drug-likeness (QED) is 0.831. The SMILES string of the molecule is COc1cc(C(C)(C)ON)cc(Br)c1O. The van der Waals surface area contributed by atoms with E-state index in [1.807, 2.05) is 13.8 Å². The van der Waals surface area contributed by atoms with Gasteiger partial charge in [0.15, 0.2) is 11.5 Å². The van der Waals surface area contributed by atoms with Crippen molar-refractivity contribution in [1.29, 1.82) is 0 Å². The molecule has 0 saturated carbocycles. The Morgan fingerprint density at radius 1 is 1.40 bits per heavy atom. The van der Waals surface area contributed by atoms with Crippen LogP contribution in [0.2, 0.25) is 0 Å². The number of ether oxygens (including phenoxy) is 1. The topological polar surface area (TPSA) is 64.7 Å². The molecule has 0 atom stereocenters. The molecule has 84 valence electrons. The molecule has 0 bridgehead atoms. The zero-order chi connectivity index (χ0) is 11.6. The highest BCUT2D eigenvalue weighted by Gasteiger charge is 2.23. The van der Waals surface area contributed by atoms with Crippen LogP contribution in [0.25, 0.3) is 0 Å². The molecule has 0 radical (unpaired) electrons. The maximum Gasteiger partial charge on any atom is 0.172 e. The first-order valence-electron chi connectivity index (χ1n) is 4.37. The van der Waals surface area contributed by atoms with Gasteiger partial charge < -0.3 is 9.84 Å². The van der Waals surface area contributed by atoms with Gasteiger partial charge in [0.2, 0.25) is 0 Å². The molecule has 0 aliphatic carbocycles. The first kappa shape index (κ1) is 12.3. The molecule has 1 aromatic carbocycles. The van der Waals surface area contributed by atoms with E-state index >= 15 is 0 Å². The van der Waals surface area contributed by atoms with Crippen LogP contribution in [0.3, 0.4) is 0 Å². The summed E-state index contributed by atoms with van der Waals surface area (Å²) in [4.78, 5) is 4.86. The number of aromatic hydroxyl groups is 1. The first-order valence-corrected chi connectivity index (χ1v) is 5.16. The zero-order valence-corrected chi connectivity index (χ0v) is 10.5. The van der Waals surface area contributed by atoms with Gasteiger partial charge in [0.1, 0.15) is 5.60 Å². The average Bonchev–Trinajstić information content (AvgIpc) is 2.21. The number of benzene rings is 1. The first-order chi connectivity index (χ1) is 6.92. The highest BCUT2D eigenvalue weighted by molar-refractivity contribution is 9.10. The van der Waals surface area contributed by atoms with E-state index in [2.05, 4.69) is 15.9 Å². The Labute approximate surface area is 97.1 Å². The third kappa shape index (κ3) is 2.42. The van der Waals surface area contributed by atoms with Gasteiger partial charge in [0.05, 0.1) is 11.6 Å². The lowest BCUT2D eigenvalue weighted by atomic mass is 9.98. The Balaban J connectivity index is 3.28. The van der Waals surface area contributed by atoms with E-state index in [4.69, 9.17) is 15.5 Å². The largest absolute Gasteiger partial charge is 0.503 e. The Morgan fingerprint density at radius 2 is 2.00 bits per heavy atom. The third-order valence-electron chi connectivity index (χ3n) is 2.24. The van der Waals surface area contributed by atoms with Crippen LogP contribution in [0.15, 0.2) is 16.6 Å². The Morgan fingerprint density at radius 3 is 2.47 bits per heavy atom. The van der Waals surface area contributed by atoms with Crippen molar-refractivity contribution in [2.24, 2.45) is 5.90 Å². The van der Waals surface area contributed by atoms with Crippen molar-refractivity contribution in [2.45, 2.75) is 19.4 Å². The summed E-state index contributed by atoms with van der Waals surface area (Å²) in [6, 6.07) is 3.43. The van der Waals surface area contributed by atoms with Gasteiger partial charge in [-0.3, -0.25) is 4.84 Å². The molecular formula is C10H14BrNO3. The Hall–Kier alpha value is -0.780. The molecule has 0 fully saturated rings. The number of nitrogens with two attached hydrogens (primary N) is 1. The van der Waals surface area contributed by atoms with Crippen LogP contribution in [-0.4, -0.2) is 12.2 Å². The van der Waals surface area contributed by atoms with Crippen molar-refractivity contribution in [2.75, 3.05) is 7.11 Å². The lowest BCUT2D eigenvalue weighted by molar-refractivity contribution is -0.0238. The molecule has 0 saturated heterocycles. The van der Waals surface area contributed by atoms with Crippen LogP contribution in [0.1, 0.15) is 19.4 Å². The van der Waals surface area contributed by atoms with E-state index in [-0.39, 0.29) is 5.75 Å². The van der Waals surface area contributed by atoms with Gasteiger partial charge >= 0.3 is 0 Å². The smallest absolute Gasteiger partial charge is 0.172 e. The minimum Gasteiger partial charge on any atom is -0.503 e. The molecule has 3 N–H and O–H groups in total. The number of hydrogen-bond acceptors (Lipinski definition) is 4. The molecule has 0 amide bonds.